The lowest BCUT2D eigenvalue weighted by Crippen LogP contribution is -2.33. The second kappa shape index (κ2) is 10.5. The number of aryl methyl sites for hydroxylation is 1. The highest BCUT2D eigenvalue weighted by Gasteiger charge is 2.39. The van der Waals surface area contributed by atoms with Crippen LogP contribution in [0.1, 0.15) is 30.9 Å². The monoisotopic (exact) mass is 480 g/mol. The molecule has 0 bridgehead atoms. The highest BCUT2D eigenvalue weighted by molar-refractivity contribution is 8.15. The molecule has 0 aliphatic carbocycles. The summed E-state index contributed by atoms with van der Waals surface area (Å²) in [5, 5.41) is 25.5. The van der Waals surface area contributed by atoms with Gasteiger partial charge in [-0.2, -0.15) is 5.21 Å². The average Bonchev–Trinajstić information content (AvgIpc) is 3.44. The fraction of sp³-hybridized carbons (Fsp3) is 0.304. The van der Waals surface area contributed by atoms with Crippen molar-refractivity contribution >= 4 is 34.5 Å². The van der Waals surface area contributed by atoms with Crippen LogP contribution in [0.5, 0.6) is 5.75 Å². The van der Waals surface area contributed by atoms with E-state index in [-0.39, 0.29) is 41.6 Å². The van der Waals surface area contributed by atoms with E-state index in [0.29, 0.717) is 24.1 Å². The molecule has 1 unspecified atom stereocenters. The van der Waals surface area contributed by atoms with Crippen LogP contribution in [0.25, 0.3) is 11.4 Å². The van der Waals surface area contributed by atoms with Crippen molar-refractivity contribution in [3.05, 3.63) is 53.6 Å². The van der Waals surface area contributed by atoms with Crippen molar-refractivity contribution in [3.63, 3.8) is 0 Å². The van der Waals surface area contributed by atoms with Gasteiger partial charge in [0.1, 0.15) is 5.75 Å². The Balaban J connectivity index is 1.25. The second-order valence-corrected chi connectivity index (χ2v) is 9.01. The van der Waals surface area contributed by atoms with Crippen LogP contribution in [0.15, 0.2) is 42.5 Å². The Bertz CT molecular complexity index is 1180. The van der Waals surface area contributed by atoms with Gasteiger partial charge in [-0.1, -0.05) is 43.0 Å². The van der Waals surface area contributed by atoms with E-state index in [1.165, 1.54) is 16.5 Å². The highest BCUT2D eigenvalue weighted by atomic mass is 32.2. The fourth-order valence-electron chi connectivity index (χ4n) is 3.65. The van der Waals surface area contributed by atoms with Gasteiger partial charge >= 0.3 is 0 Å². The molecule has 1 fully saturated rings. The quantitative estimate of drug-likeness (QED) is 0.424. The topological polar surface area (TPSA) is 141 Å². The predicted octanol–water partition coefficient (Wildman–Crippen LogP) is 3.16. The van der Waals surface area contributed by atoms with Crippen molar-refractivity contribution in [2.24, 2.45) is 0 Å². The molecule has 2 heterocycles. The molecule has 10 nitrogen and oxygen atoms in total. The molecule has 1 atom stereocenters. The first-order chi connectivity index (χ1) is 16.4. The summed E-state index contributed by atoms with van der Waals surface area (Å²) in [6.45, 7) is 2.27. The molecule has 1 aliphatic heterocycles. The van der Waals surface area contributed by atoms with E-state index in [9.17, 15) is 19.5 Å². The van der Waals surface area contributed by atoms with Crippen LogP contribution in [0.3, 0.4) is 0 Å². The average molecular weight is 481 g/mol. The van der Waals surface area contributed by atoms with Crippen LogP contribution in [-0.4, -0.2) is 59.5 Å². The van der Waals surface area contributed by atoms with E-state index in [2.05, 4.69) is 32.9 Å². The number of nitrogens with one attached hydrogen (secondary N) is 2. The molecule has 4 rings (SSSR count). The number of amides is 3. The highest BCUT2D eigenvalue weighted by Crippen LogP contribution is 2.31. The van der Waals surface area contributed by atoms with Gasteiger partial charge in [-0.25, -0.2) is 0 Å². The molecule has 34 heavy (non-hydrogen) atoms. The van der Waals surface area contributed by atoms with Gasteiger partial charge in [0, 0.05) is 24.7 Å². The number of anilines is 1. The Labute approximate surface area is 200 Å². The number of thioether (sulfide) groups is 1. The number of benzene rings is 2. The van der Waals surface area contributed by atoms with Crippen LogP contribution in [-0.2, 0) is 22.4 Å². The molecule has 1 saturated heterocycles. The zero-order valence-corrected chi connectivity index (χ0v) is 19.3. The molecule has 1 aromatic heterocycles. The molecule has 3 aromatic rings. The van der Waals surface area contributed by atoms with Crippen molar-refractivity contribution in [2.75, 3.05) is 11.9 Å². The molecule has 0 saturated carbocycles. The van der Waals surface area contributed by atoms with Crippen molar-refractivity contribution in [2.45, 2.75) is 37.9 Å². The van der Waals surface area contributed by atoms with Crippen molar-refractivity contribution in [1.82, 2.24) is 25.5 Å². The number of aromatic nitrogens is 4. The van der Waals surface area contributed by atoms with Gasteiger partial charge in [0.25, 0.3) is 5.24 Å². The number of hydrogen-bond acceptors (Lipinski definition) is 8. The number of tetrazole rings is 1. The Kier molecular flexibility index (Phi) is 7.21. The lowest BCUT2D eigenvalue weighted by Gasteiger charge is -2.14. The molecule has 3 amide bonds. The van der Waals surface area contributed by atoms with Crippen LogP contribution >= 0.6 is 11.8 Å². The van der Waals surface area contributed by atoms with E-state index in [0.717, 1.165) is 23.7 Å². The molecule has 0 spiro atoms. The summed E-state index contributed by atoms with van der Waals surface area (Å²) in [7, 11) is 0. The Morgan fingerprint density at radius 3 is 2.62 bits per heavy atom. The Morgan fingerprint density at radius 1 is 1.18 bits per heavy atom. The van der Waals surface area contributed by atoms with E-state index >= 15 is 0 Å². The molecule has 11 heteroatoms. The summed E-state index contributed by atoms with van der Waals surface area (Å²) < 4.78 is 0. The fourth-order valence-corrected chi connectivity index (χ4v) is 4.71. The van der Waals surface area contributed by atoms with E-state index in [1.54, 1.807) is 12.1 Å². The van der Waals surface area contributed by atoms with Gasteiger partial charge in [0.2, 0.25) is 17.6 Å². The van der Waals surface area contributed by atoms with Crippen LogP contribution in [0, 0.1) is 0 Å². The zero-order chi connectivity index (χ0) is 24.1. The third-order valence-electron chi connectivity index (χ3n) is 5.51. The summed E-state index contributed by atoms with van der Waals surface area (Å²) in [5.41, 5.74) is 3.04. The number of H-pyrrole nitrogens is 1. The molecule has 176 valence electrons. The van der Waals surface area contributed by atoms with Crippen molar-refractivity contribution < 1.29 is 19.5 Å². The summed E-state index contributed by atoms with van der Waals surface area (Å²) in [6.07, 6.45) is 1.91. The number of hydrogen-bond donors (Lipinski definition) is 3. The predicted molar refractivity (Wildman–Crippen MR) is 127 cm³/mol. The maximum absolute atomic E-state index is 12.7. The van der Waals surface area contributed by atoms with Crippen LogP contribution in [0.2, 0.25) is 0 Å². The number of aromatic amines is 1. The minimum atomic E-state index is -0.436. The summed E-state index contributed by atoms with van der Waals surface area (Å²) >= 11 is 1.04. The number of nitrogens with zero attached hydrogens (tertiary/aromatic N) is 4. The second-order valence-electron chi connectivity index (χ2n) is 7.86. The normalized spacial score (nSPS) is 15.7. The standard InChI is InChI=1S/C23H24N6O4S/c1-2-14-5-7-15(8-6-14)12-19-22(32)29(23(33)34-19)11-3-4-20(31)24-16-9-10-17(18(30)13-16)21-25-27-28-26-21/h5-10,13,19,30H,2-4,11-12H2,1H3,(H,24,31)(H,25,26,27,28). The molecule has 2 aromatic carbocycles. The zero-order valence-electron chi connectivity index (χ0n) is 18.5. The Hall–Kier alpha value is -3.73. The largest absolute Gasteiger partial charge is 0.507 e. The number of phenolic OH excluding ortho intramolecular Hbond substituents is 1. The van der Waals surface area contributed by atoms with Crippen LogP contribution < -0.4 is 5.32 Å². The number of imide groups is 1. The summed E-state index contributed by atoms with van der Waals surface area (Å²) in [5.74, 6) is -0.354. The Morgan fingerprint density at radius 2 is 1.94 bits per heavy atom. The lowest BCUT2D eigenvalue weighted by atomic mass is 10.1. The number of phenols is 1. The summed E-state index contributed by atoms with van der Waals surface area (Å²) in [4.78, 5) is 38.6. The van der Waals surface area contributed by atoms with Gasteiger partial charge in [-0.15, -0.1) is 10.2 Å². The van der Waals surface area contributed by atoms with Crippen LogP contribution in [0.4, 0.5) is 10.5 Å². The van der Waals surface area contributed by atoms with Gasteiger partial charge in [-0.3, -0.25) is 19.3 Å². The molecule has 1 aliphatic rings. The van der Waals surface area contributed by atoms with E-state index < -0.39 is 5.25 Å². The molecular weight excluding hydrogens is 456 g/mol. The first-order valence-corrected chi connectivity index (χ1v) is 11.8. The molecular formula is C23H24N6O4S. The van der Waals surface area contributed by atoms with Gasteiger partial charge in [0.05, 0.1) is 10.8 Å². The minimum absolute atomic E-state index is 0.0974. The third kappa shape index (κ3) is 5.42. The minimum Gasteiger partial charge on any atom is -0.507 e. The van der Waals surface area contributed by atoms with E-state index in [4.69, 9.17) is 0 Å². The molecule has 0 radical (unpaired) electrons. The maximum atomic E-state index is 12.7. The smallest absolute Gasteiger partial charge is 0.289 e. The number of rotatable bonds is 9. The molecule has 3 N–H and O–H groups in total. The van der Waals surface area contributed by atoms with Crippen molar-refractivity contribution in [1.29, 1.82) is 0 Å². The number of carbonyl (C=O) groups excluding carboxylic acids is 3. The first-order valence-electron chi connectivity index (χ1n) is 10.9. The SMILES string of the molecule is CCc1ccc(CC2SC(=O)N(CCCC(=O)Nc3ccc(-c4nn[nH]n4)c(O)c3)C2=O)cc1. The van der Waals surface area contributed by atoms with Gasteiger partial charge in [-0.05, 0) is 47.7 Å². The first kappa shape index (κ1) is 23.4. The summed E-state index contributed by atoms with van der Waals surface area (Å²) in [6, 6.07) is 12.7. The van der Waals surface area contributed by atoms with Gasteiger partial charge in [0.15, 0.2) is 0 Å². The number of carbonyl (C=O) groups is 3. The van der Waals surface area contributed by atoms with Gasteiger partial charge < -0.3 is 10.4 Å². The third-order valence-corrected chi connectivity index (χ3v) is 6.59. The maximum Gasteiger partial charge on any atom is 0.289 e. The van der Waals surface area contributed by atoms with E-state index in [1.807, 2.05) is 24.3 Å². The lowest BCUT2D eigenvalue weighted by molar-refractivity contribution is -0.127. The van der Waals surface area contributed by atoms with Crippen molar-refractivity contribution in [3.8, 4) is 17.1 Å². The number of aromatic hydroxyl groups is 1.